The van der Waals surface area contributed by atoms with Crippen molar-refractivity contribution in [3.05, 3.63) is 58.8 Å². The Morgan fingerprint density at radius 3 is 2.37 bits per heavy atom. The Balaban J connectivity index is 2.39. The molecule has 0 aliphatic carbocycles. The van der Waals surface area contributed by atoms with Crippen LogP contribution in [0, 0.1) is 13.8 Å². The number of carbonyl (C=O) groups is 1. The van der Waals surface area contributed by atoms with Crippen molar-refractivity contribution in [2.75, 3.05) is 20.7 Å². The molecule has 0 aliphatic heterocycles. The van der Waals surface area contributed by atoms with E-state index in [-0.39, 0.29) is 11.7 Å². The normalized spacial score (nSPS) is 11.3. The first kappa shape index (κ1) is 19.0. The highest BCUT2D eigenvalue weighted by atomic mass is 16.5. The van der Waals surface area contributed by atoms with E-state index >= 15 is 0 Å². The zero-order chi connectivity index (χ0) is 19.7. The zero-order valence-electron chi connectivity index (χ0n) is 16.6. The number of hydrogen-bond acceptors (Lipinski definition) is 3. The molecule has 0 unspecified atom stereocenters. The topological polar surface area (TPSA) is 55.9 Å². The maximum absolute atomic E-state index is 12.8. The number of quaternary nitrogens is 1. The van der Waals surface area contributed by atoms with Crippen LogP contribution in [0.1, 0.15) is 34.1 Å². The molecule has 1 heterocycles. The summed E-state index contributed by atoms with van der Waals surface area (Å²) < 4.78 is 7.41. The fourth-order valence-electron chi connectivity index (χ4n) is 3.58. The molecule has 0 saturated heterocycles. The summed E-state index contributed by atoms with van der Waals surface area (Å²) in [5.74, 6) is -0.151. The van der Waals surface area contributed by atoms with Crippen LogP contribution in [0.5, 0.6) is 5.75 Å². The minimum Gasteiger partial charge on any atom is -0.507 e. The maximum Gasteiger partial charge on any atom is 0.340 e. The third kappa shape index (κ3) is 3.43. The quantitative estimate of drug-likeness (QED) is 0.682. The SMILES string of the molecule is CCOC(=O)c1c(C)n(-c2ccc(C)cc2)c2ccc(O)c(C[NH+](C)C)c12. The van der Waals surface area contributed by atoms with E-state index in [2.05, 4.69) is 16.7 Å². The van der Waals surface area contributed by atoms with Crippen molar-refractivity contribution < 1.29 is 19.5 Å². The lowest BCUT2D eigenvalue weighted by molar-refractivity contribution is -0.872. The first-order chi connectivity index (χ1) is 12.8. The van der Waals surface area contributed by atoms with Gasteiger partial charge in [0.05, 0.1) is 37.3 Å². The molecule has 2 N–H and O–H groups in total. The smallest absolute Gasteiger partial charge is 0.340 e. The van der Waals surface area contributed by atoms with Gasteiger partial charge in [-0.1, -0.05) is 17.7 Å². The third-order valence-electron chi connectivity index (χ3n) is 4.76. The van der Waals surface area contributed by atoms with E-state index in [0.717, 1.165) is 32.7 Å². The predicted octanol–water partition coefficient (Wildman–Crippen LogP) is 2.77. The van der Waals surface area contributed by atoms with Gasteiger partial charge in [0.1, 0.15) is 12.3 Å². The number of fused-ring (bicyclic) bond motifs is 1. The second-order valence-electron chi connectivity index (χ2n) is 7.19. The molecule has 1 aromatic heterocycles. The van der Waals surface area contributed by atoms with Crippen LogP contribution >= 0.6 is 0 Å². The number of esters is 1. The minimum absolute atomic E-state index is 0.204. The van der Waals surface area contributed by atoms with Crippen LogP contribution in [-0.2, 0) is 11.3 Å². The average Bonchev–Trinajstić information content (AvgIpc) is 2.91. The average molecular weight is 367 g/mol. The summed E-state index contributed by atoms with van der Waals surface area (Å²) in [7, 11) is 4.04. The van der Waals surface area contributed by atoms with Crippen molar-refractivity contribution in [1.29, 1.82) is 0 Å². The van der Waals surface area contributed by atoms with Gasteiger partial charge in [0.15, 0.2) is 0 Å². The van der Waals surface area contributed by atoms with Gasteiger partial charge in [-0.3, -0.25) is 0 Å². The standard InChI is InChI=1S/C22H26N2O3/c1-6-27-22(26)20-15(3)24(16-9-7-14(2)8-10-16)18-11-12-19(25)17(21(18)20)13-23(4)5/h7-12,25H,6,13H2,1-5H3/p+1. The van der Waals surface area contributed by atoms with Crippen molar-refractivity contribution >= 4 is 16.9 Å². The van der Waals surface area contributed by atoms with Gasteiger partial charge in [-0.15, -0.1) is 0 Å². The summed E-state index contributed by atoms with van der Waals surface area (Å²) in [5.41, 5.74) is 5.16. The molecule has 0 atom stereocenters. The molecule has 142 valence electrons. The number of phenolic OH excluding ortho intramolecular Hbond substituents is 1. The van der Waals surface area contributed by atoms with E-state index in [4.69, 9.17) is 4.74 Å². The van der Waals surface area contributed by atoms with Crippen LogP contribution in [0.4, 0.5) is 0 Å². The molecule has 0 aliphatic rings. The lowest BCUT2D eigenvalue weighted by Crippen LogP contribution is -3.04. The van der Waals surface area contributed by atoms with E-state index in [0.29, 0.717) is 18.7 Å². The highest BCUT2D eigenvalue weighted by molar-refractivity contribution is 6.08. The summed E-state index contributed by atoms with van der Waals surface area (Å²) in [6.45, 7) is 6.68. The monoisotopic (exact) mass is 367 g/mol. The Kier molecular flexibility index (Phi) is 5.24. The predicted molar refractivity (Wildman–Crippen MR) is 107 cm³/mol. The molecule has 3 aromatic rings. The number of aromatic nitrogens is 1. The molecule has 0 amide bonds. The molecule has 0 fully saturated rings. The Morgan fingerprint density at radius 1 is 1.11 bits per heavy atom. The minimum atomic E-state index is -0.355. The molecule has 0 radical (unpaired) electrons. The van der Waals surface area contributed by atoms with Crippen molar-refractivity contribution in [3.8, 4) is 11.4 Å². The van der Waals surface area contributed by atoms with Crippen LogP contribution in [-0.4, -0.2) is 36.3 Å². The van der Waals surface area contributed by atoms with Gasteiger partial charge >= 0.3 is 5.97 Å². The molecular weight excluding hydrogens is 340 g/mol. The highest BCUT2D eigenvalue weighted by Crippen LogP contribution is 2.36. The number of nitrogens with zero attached hydrogens (tertiary/aromatic N) is 1. The van der Waals surface area contributed by atoms with E-state index in [1.54, 1.807) is 13.0 Å². The number of hydrogen-bond donors (Lipinski definition) is 2. The summed E-state index contributed by atoms with van der Waals surface area (Å²) >= 11 is 0. The van der Waals surface area contributed by atoms with Gasteiger partial charge < -0.3 is 19.3 Å². The van der Waals surface area contributed by atoms with Gasteiger partial charge in [-0.05, 0) is 45.0 Å². The van der Waals surface area contributed by atoms with E-state index in [9.17, 15) is 9.90 Å². The Labute approximate surface area is 159 Å². The molecule has 2 aromatic carbocycles. The summed E-state index contributed by atoms with van der Waals surface area (Å²) in [4.78, 5) is 14.0. The van der Waals surface area contributed by atoms with Crippen LogP contribution < -0.4 is 4.90 Å². The summed E-state index contributed by atoms with van der Waals surface area (Å²) in [5, 5.41) is 11.3. The van der Waals surface area contributed by atoms with Crippen LogP contribution in [0.3, 0.4) is 0 Å². The number of nitrogens with one attached hydrogen (secondary N) is 1. The molecule has 0 bridgehead atoms. The lowest BCUT2D eigenvalue weighted by Gasteiger charge is -2.12. The van der Waals surface area contributed by atoms with E-state index in [1.165, 1.54) is 5.56 Å². The van der Waals surface area contributed by atoms with Gasteiger partial charge in [0.2, 0.25) is 0 Å². The first-order valence-corrected chi connectivity index (χ1v) is 9.24. The number of rotatable bonds is 5. The van der Waals surface area contributed by atoms with Crippen molar-refractivity contribution in [1.82, 2.24) is 4.57 Å². The van der Waals surface area contributed by atoms with E-state index < -0.39 is 0 Å². The number of carbonyl (C=O) groups excluding carboxylic acids is 1. The summed E-state index contributed by atoms with van der Waals surface area (Å²) in [6.07, 6.45) is 0. The number of phenols is 1. The third-order valence-corrected chi connectivity index (χ3v) is 4.76. The molecule has 0 spiro atoms. The Bertz CT molecular complexity index is 985. The van der Waals surface area contributed by atoms with E-state index in [1.807, 2.05) is 46.1 Å². The molecule has 3 rings (SSSR count). The fraction of sp³-hybridized carbons (Fsp3) is 0.318. The highest BCUT2D eigenvalue weighted by Gasteiger charge is 2.26. The fourth-order valence-corrected chi connectivity index (χ4v) is 3.58. The second kappa shape index (κ2) is 7.45. The first-order valence-electron chi connectivity index (χ1n) is 9.24. The van der Waals surface area contributed by atoms with Crippen molar-refractivity contribution in [2.45, 2.75) is 27.3 Å². The molecule has 5 nitrogen and oxygen atoms in total. The molecule has 5 heteroatoms. The van der Waals surface area contributed by atoms with Gasteiger partial charge in [0.25, 0.3) is 0 Å². The largest absolute Gasteiger partial charge is 0.507 e. The van der Waals surface area contributed by atoms with Gasteiger partial charge in [0, 0.05) is 16.8 Å². The van der Waals surface area contributed by atoms with Crippen molar-refractivity contribution in [3.63, 3.8) is 0 Å². The summed E-state index contributed by atoms with van der Waals surface area (Å²) in [6, 6.07) is 11.8. The Hall–Kier alpha value is -2.79. The number of ether oxygens (including phenoxy) is 1. The maximum atomic E-state index is 12.8. The lowest BCUT2D eigenvalue weighted by atomic mass is 10.0. The molecular formula is C22H27N2O3+. The van der Waals surface area contributed by atoms with Crippen LogP contribution in [0.25, 0.3) is 16.6 Å². The number of benzene rings is 2. The molecule has 0 saturated carbocycles. The zero-order valence-corrected chi connectivity index (χ0v) is 16.6. The van der Waals surface area contributed by atoms with Gasteiger partial charge in [-0.25, -0.2) is 4.79 Å². The Morgan fingerprint density at radius 2 is 1.78 bits per heavy atom. The molecule has 27 heavy (non-hydrogen) atoms. The van der Waals surface area contributed by atoms with Crippen LogP contribution in [0.2, 0.25) is 0 Å². The number of aromatic hydroxyl groups is 1. The second-order valence-corrected chi connectivity index (χ2v) is 7.19. The van der Waals surface area contributed by atoms with Crippen molar-refractivity contribution in [2.24, 2.45) is 0 Å². The van der Waals surface area contributed by atoms with Crippen LogP contribution in [0.15, 0.2) is 36.4 Å². The number of aryl methyl sites for hydroxylation is 1. The van der Waals surface area contributed by atoms with Gasteiger partial charge in [-0.2, -0.15) is 0 Å².